The quantitative estimate of drug-likeness (QED) is 0.565. The van der Waals surface area contributed by atoms with Crippen LogP contribution < -0.4 is 11.1 Å². The van der Waals surface area contributed by atoms with Crippen LogP contribution in [0.3, 0.4) is 0 Å². The summed E-state index contributed by atoms with van der Waals surface area (Å²) < 4.78 is 5.39. The number of nitrogens with two attached hydrogens (primary N) is 1. The highest BCUT2D eigenvalue weighted by atomic mass is 16.5. The number of amides is 1. The number of rotatable bonds is 8. The first-order valence-corrected chi connectivity index (χ1v) is 10.1. The summed E-state index contributed by atoms with van der Waals surface area (Å²) in [6.07, 6.45) is -1.10. The second kappa shape index (κ2) is 10.4. The number of aliphatic hydroxyl groups is 1. The minimum Gasteiger partial charge on any atom is -0.379 e. The van der Waals surface area contributed by atoms with Gasteiger partial charge in [0.1, 0.15) is 12.0 Å². The predicted octanol–water partition coefficient (Wildman–Crippen LogP) is 1.25. The van der Waals surface area contributed by atoms with E-state index in [2.05, 4.69) is 22.3 Å². The Balaban J connectivity index is 1.70. The fourth-order valence-corrected chi connectivity index (χ4v) is 3.62. The number of ether oxygens (including phenoxy) is 1. The number of nitrogens with zero attached hydrogens (tertiary/aromatic N) is 1. The van der Waals surface area contributed by atoms with Crippen LogP contribution in [0.4, 0.5) is 0 Å². The molecule has 0 bridgehead atoms. The second-order valence-corrected chi connectivity index (χ2v) is 7.57. The van der Waals surface area contributed by atoms with E-state index in [9.17, 15) is 9.59 Å². The predicted molar refractivity (Wildman–Crippen MR) is 114 cm³/mol. The number of benzene rings is 2. The molecule has 0 aromatic heterocycles. The molecule has 4 N–H and O–H groups in total. The molecule has 7 nitrogen and oxygen atoms in total. The molecule has 0 spiro atoms. The van der Waals surface area contributed by atoms with Crippen molar-refractivity contribution in [2.75, 3.05) is 32.8 Å². The van der Waals surface area contributed by atoms with Crippen molar-refractivity contribution in [1.82, 2.24) is 10.2 Å². The molecule has 1 amide bonds. The fourth-order valence-electron chi connectivity index (χ4n) is 3.62. The van der Waals surface area contributed by atoms with E-state index in [0.717, 1.165) is 44.0 Å². The zero-order valence-electron chi connectivity index (χ0n) is 17.2. The van der Waals surface area contributed by atoms with Crippen LogP contribution in [0.1, 0.15) is 39.9 Å². The summed E-state index contributed by atoms with van der Waals surface area (Å²) in [5, 5.41) is 11.6. The van der Waals surface area contributed by atoms with E-state index in [1.54, 1.807) is 31.2 Å². The molecule has 2 aromatic rings. The highest BCUT2D eigenvalue weighted by molar-refractivity contribution is 5.94. The molecule has 0 aliphatic carbocycles. The Hall–Kier alpha value is -2.58. The summed E-state index contributed by atoms with van der Waals surface area (Å²) in [6.45, 7) is 5.83. The van der Waals surface area contributed by atoms with Crippen LogP contribution in [0.15, 0.2) is 48.5 Å². The number of carbonyl (C=O) groups excluding carboxylic acids is 2. The number of ketones is 1. The molecule has 2 atom stereocenters. The minimum absolute atomic E-state index is 0.0204. The number of morpholine rings is 1. The molecule has 1 saturated heterocycles. The standard InChI is InChI=1S/C23H29N3O4/c1-16(27)22(19-6-8-20(9-7-19)23(29)25-14-21(24)28)18-4-2-17(3-5-18)15-26-10-12-30-13-11-26/h2-9,21-22,28H,10-15,24H2,1H3,(H,25,29). The molecule has 1 heterocycles. The normalized spacial score (nSPS) is 16.6. The van der Waals surface area contributed by atoms with Crippen molar-refractivity contribution in [3.8, 4) is 0 Å². The second-order valence-electron chi connectivity index (χ2n) is 7.57. The maximum absolute atomic E-state index is 12.4. The Morgan fingerprint density at radius 1 is 1.07 bits per heavy atom. The van der Waals surface area contributed by atoms with E-state index in [1.807, 2.05) is 12.1 Å². The van der Waals surface area contributed by atoms with E-state index in [0.29, 0.717) is 5.56 Å². The molecule has 160 valence electrons. The molecule has 3 rings (SSSR count). The van der Waals surface area contributed by atoms with Gasteiger partial charge in [0.25, 0.3) is 5.91 Å². The third-order valence-electron chi connectivity index (χ3n) is 5.21. The molecule has 30 heavy (non-hydrogen) atoms. The average Bonchev–Trinajstić information content (AvgIpc) is 2.74. The molecule has 2 unspecified atom stereocenters. The van der Waals surface area contributed by atoms with Gasteiger partial charge in [0.15, 0.2) is 0 Å². The lowest BCUT2D eigenvalue weighted by molar-refractivity contribution is -0.117. The lowest BCUT2D eigenvalue weighted by atomic mass is 9.87. The van der Waals surface area contributed by atoms with Crippen molar-refractivity contribution in [3.63, 3.8) is 0 Å². The summed E-state index contributed by atoms with van der Waals surface area (Å²) in [7, 11) is 0. The van der Waals surface area contributed by atoms with Crippen LogP contribution >= 0.6 is 0 Å². The van der Waals surface area contributed by atoms with E-state index >= 15 is 0 Å². The Morgan fingerprint density at radius 2 is 1.63 bits per heavy atom. The molecule has 1 aliphatic rings. The number of Topliss-reactive ketones (excluding diaryl/α,β-unsaturated/α-hetero) is 1. The molecule has 2 aromatic carbocycles. The van der Waals surface area contributed by atoms with Gasteiger partial charge in [0.2, 0.25) is 0 Å². The first-order chi connectivity index (χ1) is 14.4. The maximum Gasteiger partial charge on any atom is 0.251 e. The van der Waals surface area contributed by atoms with Crippen LogP contribution in [-0.2, 0) is 16.1 Å². The number of hydrogen-bond donors (Lipinski definition) is 3. The summed E-state index contributed by atoms with van der Waals surface area (Å²) in [4.78, 5) is 26.8. The van der Waals surface area contributed by atoms with Gasteiger partial charge in [-0.05, 0) is 35.7 Å². The number of carbonyl (C=O) groups is 2. The number of aliphatic hydroxyl groups excluding tert-OH is 1. The lowest BCUT2D eigenvalue weighted by Crippen LogP contribution is -2.36. The van der Waals surface area contributed by atoms with Crippen molar-refractivity contribution in [1.29, 1.82) is 0 Å². The van der Waals surface area contributed by atoms with Gasteiger partial charge in [-0.3, -0.25) is 14.5 Å². The third kappa shape index (κ3) is 5.96. The van der Waals surface area contributed by atoms with Gasteiger partial charge in [-0.2, -0.15) is 0 Å². The molecular formula is C23H29N3O4. The van der Waals surface area contributed by atoms with Crippen molar-refractivity contribution in [2.24, 2.45) is 5.73 Å². The topological polar surface area (TPSA) is 105 Å². The van der Waals surface area contributed by atoms with Gasteiger partial charge >= 0.3 is 0 Å². The zero-order valence-corrected chi connectivity index (χ0v) is 17.2. The molecule has 1 aliphatic heterocycles. The van der Waals surface area contributed by atoms with Crippen molar-refractivity contribution in [3.05, 3.63) is 70.8 Å². The summed E-state index contributed by atoms with van der Waals surface area (Å²) >= 11 is 0. The van der Waals surface area contributed by atoms with Gasteiger partial charge in [-0.15, -0.1) is 0 Å². The first-order valence-electron chi connectivity index (χ1n) is 10.1. The zero-order chi connectivity index (χ0) is 21.5. The van der Waals surface area contributed by atoms with E-state index in [-0.39, 0.29) is 24.2 Å². The Labute approximate surface area is 176 Å². The molecule has 0 saturated carbocycles. The molecule has 7 heteroatoms. The molecular weight excluding hydrogens is 382 g/mol. The lowest BCUT2D eigenvalue weighted by Gasteiger charge is -2.26. The molecule has 1 fully saturated rings. The van der Waals surface area contributed by atoms with Gasteiger partial charge in [-0.1, -0.05) is 36.4 Å². The highest BCUT2D eigenvalue weighted by Crippen LogP contribution is 2.26. The van der Waals surface area contributed by atoms with Crippen molar-refractivity contribution in [2.45, 2.75) is 25.6 Å². The summed E-state index contributed by atoms with van der Waals surface area (Å²) in [5.41, 5.74) is 8.65. The third-order valence-corrected chi connectivity index (χ3v) is 5.21. The van der Waals surface area contributed by atoms with Crippen LogP contribution in [0.25, 0.3) is 0 Å². The number of hydrogen-bond acceptors (Lipinski definition) is 6. The van der Waals surface area contributed by atoms with E-state index in [4.69, 9.17) is 15.6 Å². The van der Waals surface area contributed by atoms with Gasteiger partial charge in [-0.25, -0.2) is 0 Å². The van der Waals surface area contributed by atoms with E-state index in [1.165, 1.54) is 5.56 Å². The smallest absolute Gasteiger partial charge is 0.251 e. The van der Waals surface area contributed by atoms with Crippen LogP contribution in [-0.4, -0.2) is 60.8 Å². The van der Waals surface area contributed by atoms with Gasteiger partial charge < -0.3 is 20.9 Å². The van der Waals surface area contributed by atoms with Crippen LogP contribution in [0.5, 0.6) is 0 Å². The summed E-state index contributed by atoms with van der Waals surface area (Å²) in [6, 6.07) is 15.1. The Morgan fingerprint density at radius 3 is 2.17 bits per heavy atom. The average molecular weight is 412 g/mol. The fraction of sp³-hybridized carbons (Fsp3) is 0.391. The van der Waals surface area contributed by atoms with Crippen LogP contribution in [0, 0.1) is 0 Å². The SMILES string of the molecule is CC(=O)C(c1ccc(CN2CCOCC2)cc1)c1ccc(C(=O)NCC(N)O)cc1. The van der Waals surface area contributed by atoms with Crippen molar-refractivity contribution >= 4 is 11.7 Å². The molecule has 0 radical (unpaired) electrons. The highest BCUT2D eigenvalue weighted by Gasteiger charge is 2.20. The van der Waals surface area contributed by atoms with Crippen molar-refractivity contribution < 1.29 is 19.4 Å². The minimum atomic E-state index is -1.10. The van der Waals surface area contributed by atoms with Crippen LogP contribution in [0.2, 0.25) is 0 Å². The number of nitrogens with one attached hydrogen (secondary N) is 1. The first kappa shape index (κ1) is 22.1. The Bertz CT molecular complexity index is 844. The van der Waals surface area contributed by atoms with Gasteiger partial charge in [0, 0.05) is 25.2 Å². The maximum atomic E-state index is 12.4. The Kier molecular flexibility index (Phi) is 7.70. The summed E-state index contributed by atoms with van der Waals surface area (Å²) in [5.74, 6) is -0.664. The largest absolute Gasteiger partial charge is 0.379 e. The monoisotopic (exact) mass is 411 g/mol. The van der Waals surface area contributed by atoms with E-state index < -0.39 is 6.23 Å². The van der Waals surface area contributed by atoms with Gasteiger partial charge in [0.05, 0.1) is 25.7 Å².